The van der Waals surface area contributed by atoms with E-state index in [0.717, 1.165) is 6.54 Å². The van der Waals surface area contributed by atoms with Crippen LogP contribution in [0.5, 0.6) is 0 Å². The SMILES string of the molecule is CCN(C)N=C(N)N(C(C)C)C(C)C. The van der Waals surface area contributed by atoms with E-state index in [1.54, 1.807) is 0 Å². The summed E-state index contributed by atoms with van der Waals surface area (Å²) in [4.78, 5) is 2.10. The molecule has 0 unspecified atom stereocenters. The van der Waals surface area contributed by atoms with Crippen molar-refractivity contribution >= 4 is 5.96 Å². The van der Waals surface area contributed by atoms with Gasteiger partial charge in [-0.25, -0.2) is 0 Å². The summed E-state index contributed by atoms with van der Waals surface area (Å²) >= 11 is 0. The molecule has 0 fully saturated rings. The van der Waals surface area contributed by atoms with Crippen molar-refractivity contribution in [3.05, 3.63) is 0 Å². The Morgan fingerprint density at radius 1 is 1.21 bits per heavy atom. The monoisotopic (exact) mass is 200 g/mol. The van der Waals surface area contributed by atoms with E-state index in [9.17, 15) is 0 Å². The van der Waals surface area contributed by atoms with Crippen LogP contribution in [-0.2, 0) is 0 Å². The summed E-state index contributed by atoms with van der Waals surface area (Å²) in [7, 11) is 1.92. The van der Waals surface area contributed by atoms with Crippen LogP contribution < -0.4 is 5.73 Å². The van der Waals surface area contributed by atoms with Gasteiger partial charge in [-0.05, 0) is 34.6 Å². The highest BCUT2D eigenvalue weighted by molar-refractivity contribution is 5.78. The van der Waals surface area contributed by atoms with Crippen molar-refractivity contribution in [2.75, 3.05) is 13.6 Å². The second-order valence-electron chi connectivity index (χ2n) is 4.03. The predicted octanol–water partition coefficient (Wildman–Crippen LogP) is 1.29. The Hall–Kier alpha value is -0.930. The lowest BCUT2D eigenvalue weighted by Gasteiger charge is -2.32. The molecule has 0 amide bonds. The van der Waals surface area contributed by atoms with Gasteiger partial charge >= 0.3 is 0 Å². The topological polar surface area (TPSA) is 44.9 Å². The molecule has 0 saturated heterocycles. The average molecular weight is 200 g/mol. The fourth-order valence-electron chi connectivity index (χ4n) is 1.42. The van der Waals surface area contributed by atoms with Gasteiger partial charge in [0.2, 0.25) is 5.96 Å². The fraction of sp³-hybridized carbons (Fsp3) is 0.900. The molecule has 14 heavy (non-hydrogen) atoms. The maximum Gasteiger partial charge on any atom is 0.214 e. The lowest BCUT2D eigenvalue weighted by atomic mass is 10.2. The Kier molecular flexibility index (Phi) is 5.35. The fourth-order valence-corrected chi connectivity index (χ4v) is 1.42. The van der Waals surface area contributed by atoms with Gasteiger partial charge in [0.25, 0.3) is 0 Å². The second kappa shape index (κ2) is 5.73. The van der Waals surface area contributed by atoms with E-state index in [2.05, 4.69) is 37.7 Å². The zero-order valence-electron chi connectivity index (χ0n) is 10.3. The molecule has 0 aliphatic rings. The largest absolute Gasteiger partial charge is 0.368 e. The van der Waals surface area contributed by atoms with E-state index in [4.69, 9.17) is 5.73 Å². The first kappa shape index (κ1) is 13.1. The molecule has 84 valence electrons. The van der Waals surface area contributed by atoms with E-state index < -0.39 is 0 Å². The molecule has 0 radical (unpaired) electrons. The van der Waals surface area contributed by atoms with Crippen molar-refractivity contribution in [3.8, 4) is 0 Å². The van der Waals surface area contributed by atoms with E-state index >= 15 is 0 Å². The first-order valence-corrected chi connectivity index (χ1v) is 5.23. The molecule has 0 bridgehead atoms. The number of hydrogen-bond donors (Lipinski definition) is 1. The highest BCUT2D eigenvalue weighted by atomic mass is 15.5. The van der Waals surface area contributed by atoms with E-state index in [1.165, 1.54) is 0 Å². The van der Waals surface area contributed by atoms with Crippen LogP contribution in [0.3, 0.4) is 0 Å². The van der Waals surface area contributed by atoms with Gasteiger partial charge in [0, 0.05) is 25.7 Å². The summed E-state index contributed by atoms with van der Waals surface area (Å²) in [6.07, 6.45) is 0. The standard InChI is InChI=1S/C10H24N4/c1-7-13(6)12-10(11)14(8(2)3)9(4)5/h8-9H,7H2,1-6H3,(H2,11,12). The number of rotatable bonds is 4. The lowest BCUT2D eigenvalue weighted by molar-refractivity contribution is 0.273. The van der Waals surface area contributed by atoms with Gasteiger partial charge in [-0.1, -0.05) is 0 Å². The van der Waals surface area contributed by atoms with Crippen LogP contribution in [0.15, 0.2) is 5.10 Å². The molecular weight excluding hydrogens is 176 g/mol. The Morgan fingerprint density at radius 2 is 1.64 bits per heavy atom. The average Bonchev–Trinajstić information content (AvgIpc) is 2.02. The van der Waals surface area contributed by atoms with Gasteiger partial charge in [-0.15, -0.1) is 5.10 Å². The molecule has 2 N–H and O–H groups in total. The van der Waals surface area contributed by atoms with E-state index in [-0.39, 0.29) is 0 Å². The summed E-state index contributed by atoms with van der Waals surface area (Å²) in [5, 5.41) is 6.13. The zero-order valence-corrected chi connectivity index (χ0v) is 10.3. The van der Waals surface area contributed by atoms with Crippen molar-refractivity contribution < 1.29 is 0 Å². The Morgan fingerprint density at radius 3 is 1.93 bits per heavy atom. The molecule has 0 aliphatic carbocycles. The minimum Gasteiger partial charge on any atom is -0.368 e. The normalized spacial score (nSPS) is 12.4. The van der Waals surface area contributed by atoms with Gasteiger partial charge in [0.05, 0.1) is 0 Å². The molecule has 4 nitrogen and oxygen atoms in total. The summed E-state index contributed by atoms with van der Waals surface area (Å²) in [6, 6.07) is 0.757. The lowest BCUT2D eigenvalue weighted by Crippen LogP contribution is -2.47. The Balaban J connectivity index is 4.59. The number of hydrazone groups is 1. The quantitative estimate of drug-likeness (QED) is 0.422. The van der Waals surface area contributed by atoms with Gasteiger partial charge < -0.3 is 10.6 Å². The highest BCUT2D eigenvalue weighted by Crippen LogP contribution is 2.04. The van der Waals surface area contributed by atoms with Crippen molar-refractivity contribution in [2.45, 2.75) is 46.7 Å². The van der Waals surface area contributed by atoms with Crippen LogP contribution in [0.2, 0.25) is 0 Å². The summed E-state index contributed by atoms with van der Waals surface area (Å²) in [5.74, 6) is 0.597. The van der Waals surface area contributed by atoms with Crippen LogP contribution >= 0.6 is 0 Å². The molecule has 0 aromatic rings. The maximum atomic E-state index is 5.93. The molecular formula is C10H24N4. The minimum atomic E-state index is 0.379. The molecule has 0 spiro atoms. The third-order valence-electron chi connectivity index (χ3n) is 2.11. The molecule has 0 atom stereocenters. The number of guanidine groups is 1. The smallest absolute Gasteiger partial charge is 0.214 e. The van der Waals surface area contributed by atoms with Crippen LogP contribution in [0.4, 0.5) is 0 Å². The summed E-state index contributed by atoms with van der Waals surface area (Å²) in [6.45, 7) is 11.4. The zero-order chi connectivity index (χ0) is 11.3. The van der Waals surface area contributed by atoms with Gasteiger partial charge in [0.1, 0.15) is 0 Å². The molecule has 0 aliphatic heterocycles. The van der Waals surface area contributed by atoms with Gasteiger partial charge in [0.15, 0.2) is 0 Å². The second-order valence-corrected chi connectivity index (χ2v) is 4.03. The van der Waals surface area contributed by atoms with Crippen molar-refractivity contribution in [3.63, 3.8) is 0 Å². The maximum absolute atomic E-state index is 5.93. The molecule has 0 aromatic carbocycles. The number of nitrogens with two attached hydrogens (primary N) is 1. The van der Waals surface area contributed by atoms with E-state index in [0.29, 0.717) is 18.0 Å². The van der Waals surface area contributed by atoms with Crippen molar-refractivity contribution in [2.24, 2.45) is 10.8 Å². The third-order valence-corrected chi connectivity index (χ3v) is 2.11. The molecule has 0 aromatic heterocycles. The Bertz CT molecular complexity index is 179. The van der Waals surface area contributed by atoms with E-state index in [1.807, 2.05) is 19.0 Å². The number of hydrogen-bond acceptors (Lipinski definition) is 2. The summed E-state index contributed by atoms with van der Waals surface area (Å²) in [5.41, 5.74) is 5.93. The third kappa shape index (κ3) is 3.85. The number of nitrogens with zero attached hydrogens (tertiary/aromatic N) is 3. The molecule has 4 heteroatoms. The van der Waals surface area contributed by atoms with Crippen molar-refractivity contribution in [1.82, 2.24) is 9.91 Å². The van der Waals surface area contributed by atoms with Gasteiger partial charge in [-0.3, -0.25) is 5.01 Å². The molecule has 0 rings (SSSR count). The Labute approximate surface area is 87.7 Å². The first-order chi connectivity index (χ1) is 6.40. The van der Waals surface area contributed by atoms with Crippen LogP contribution in [0.25, 0.3) is 0 Å². The van der Waals surface area contributed by atoms with Crippen LogP contribution in [0.1, 0.15) is 34.6 Å². The van der Waals surface area contributed by atoms with Crippen molar-refractivity contribution in [1.29, 1.82) is 0 Å². The van der Waals surface area contributed by atoms with Gasteiger partial charge in [-0.2, -0.15) is 0 Å². The first-order valence-electron chi connectivity index (χ1n) is 5.23. The van der Waals surface area contributed by atoms with Crippen LogP contribution in [-0.4, -0.2) is 41.5 Å². The van der Waals surface area contributed by atoms with Crippen LogP contribution in [0, 0.1) is 0 Å². The molecule has 0 saturated carbocycles. The predicted molar refractivity (Wildman–Crippen MR) is 62.0 cm³/mol. The minimum absolute atomic E-state index is 0.379. The summed E-state index contributed by atoms with van der Waals surface area (Å²) < 4.78 is 0. The molecule has 0 heterocycles. The highest BCUT2D eigenvalue weighted by Gasteiger charge is 2.15.